The van der Waals surface area contributed by atoms with Crippen molar-refractivity contribution >= 4 is 6.03 Å². The highest BCUT2D eigenvalue weighted by Crippen LogP contribution is 2.31. The maximum Gasteiger partial charge on any atom is 0.318 e. The molecule has 1 aromatic heterocycles. The third-order valence-electron chi connectivity index (χ3n) is 5.34. The summed E-state index contributed by atoms with van der Waals surface area (Å²) in [6.07, 6.45) is 10.3. The Morgan fingerprint density at radius 3 is 3.08 bits per heavy atom. The summed E-state index contributed by atoms with van der Waals surface area (Å²) in [6.45, 7) is 1.56. The molecular weight excluding hydrogens is 319 g/mol. The number of likely N-dealkylation sites (tertiary alicyclic amines) is 1. The van der Waals surface area contributed by atoms with Crippen molar-refractivity contribution in [2.24, 2.45) is 0 Å². The molecule has 1 fully saturated rings. The number of fused-ring (bicyclic) bond motifs is 1. The molecular formula is C19H23FN4O. The van der Waals surface area contributed by atoms with Crippen LogP contribution in [-0.2, 0) is 13.0 Å². The SMILES string of the molecule is O=C(N[C@H]1CCCc2cc(F)ccc21)N1CCC[C@@H]1Cn1ccnc1. The van der Waals surface area contributed by atoms with E-state index in [1.807, 2.05) is 21.7 Å². The molecule has 1 aliphatic heterocycles. The van der Waals surface area contributed by atoms with E-state index in [2.05, 4.69) is 10.3 Å². The molecule has 132 valence electrons. The molecule has 1 saturated heterocycles. The molecule has 6 heteroatoms. The topological polar surface area (TPSA) is 50.2 Å². The van der Waals surface area contributed by atoms with Crippen molar-refractivity contribution in [2.45, 2.75) is 50.7 Å². The standard InChI is InChI=1S/C19H23FN4O/c20-15-6-7-17-14(11-15)3-1-5-18(17)22-19(25)24-9-2-4-16(24)12-23-10-8-21-13-23/h6-8,10-11,13,16,18H,1-5,9,12H2,(H,22,25)/t16-,18+/m1/s1. The van der Waals surface area contributed by atoms with Gasteiger partial charge in [0.05, 0.1) is 18.4 Å². The molecule has 0 saturated carbocycles. The molecule has 0 spiro atoms. The van der Waals surface area contributed by atoms with Gasteiger partial charge in [-0.05, 0) is 55.4 Å². The number of urea groups is 1. The van der Waals surface area contributed by atoms with E-state index < -0.39 is 0 Å². The van der Waals surface area contributed by atoms with Crippen LogP contribution in [0.3, 0.4) is 0 Å². The number of benzene rings is 1. The number of halogens is 1. The summed E-state index contributed by atoms with van der Waals surface area (Å²) in [7, 11) is 0. The molecule has 2 amide bonds. The Morgan fingerprint density at radius 2 is 2.24 bits per heavy atom. The van der Waals surface area contributed by atoms with E-state index in [1.54, 1.807) is 18.6 Å². The van der Waals surface area contributed by atoms with Gasteiger partial charge in [-0.3, -0.25) is 0 Å². The molecule has 1 aromatic carbocycles. The van der Waals surface area contributed by atoms with Crippen molar-refractivity contribution in [3.63, 3.8) is 0 Å². The van der Waals surface area contributed by atoms with Gasteiger partial charge in [0.25, 0.3) is 0 Å². The van der Waals surface area contributed by atoms with Gasteiger partial charge >= 0.3 is 6.03 Å². The Bertz CT molecular complexity index is 746. The van der Waals surface area contributed by atoms with Gasteiger partial charge in [0.2, 0.25) is 0 Å². The lowest BCUT2D eigenvalue weighted by atomic mass is 9.87. The lowest BCUT2D eigenvalue weighted by Gasteiger charge is -2.31. The molecule has 2 aliphatic rings. The molecule has 0 unspecified atom stereocenters. The smallest absolute Gasteiger partial charge is 0.318 e. The zero-order chi connectivity index (χ0) is 17.2. The fraction of sp³-hybridized carbons (Fsp3) is 0.474. The first-order valence-corrected chi connectivity index (χ1v) is 9.02. The van der Waals surface area contributed by atoms with E-state index in [1.165, 1.54) is 6.07 Å². The van der Waals surface area contributed by atoms with Crippen LogP contribution in [0, 0.1) is 5.82 Å². The average Bonchev–Trinajstić information content (AvgIpc) is 3.27. The molecule has 1 N–H and O–H groups in total. The first kappa shape index (κ1) is 16.1. The second-order valence-corrected chi connectivity index (χ2v) is 6.99. The van der Waals surface area contributed by atoms with Crippen LogP contribution in [0.2, 0.25) is 0 Å². The van der Waals surface area contributed by atoms with Crippen molar-refractivity contribution in [1.82, 2.24) is 19.8 Å². The van der Waals surface area contributed by atoms with Gasteiger partial charge in [0, 0.05) is 25.5 Å². The molecule has 25 heavy (non-hydrogen) atoms. The molecule has 2 aromatic rings. The van der Waals surface area contributed by atoms with E-state index in [9.17, 15) is 9.18 Å². The van der Waals surface area contributed by atoms with Crippen molar-refractivity contribution in [2.75, 3.05) is 6.54 Å². The van der Waals surface area contributed by atoms with E-state index in [0.717, 1.165) is 56.3 Å². The summed E-state index contributed by atoms with van der Waals surface area (Å²) in [5, 5.41) is 3.19. The maximum absolute atomic E-state index is 13.5. The zero-order valence-electron chi connectivity index (χ0n) is 14.2. The maximum atomic E-state index is 13.5. The van der Waals surface area contributed by atoms with Crippen LogP contribution in [0.15, 0.2) is 36.9 Å². The van der Waals surface area contributed by atoms with E-state index >= 15 is 0 Å². The number of hydrogen-bond donors (Lipinski definition) is 1. The highest BCUT2D eigenvalue weighted by Gasteiger charge is 2.31. The van der Waals surface area contributed by atoms with Crippen LogP contribution in [0.4, 0.5) is 9.18 Å². The van der Waals surface area contributed by atoms with Gasteiger partial charge < -0.3 is 14.8 Å². The number of hydrogen-bond acceptors (Lipinski definition) is 2. The number of nitrogens with one attached hydrogen (secondary N) is 1. The van der Waals surface area contributed by atoms with Gasteiger partial charge in [0.15, 0.2) is 0 Å². The highest BCUT2D eigenvalue weighted by atomic mass is 19.1. The normalized spacial score (nSPS) is 22.7. The molecule has 2 atom stereocenters. The molecule has 5 nitrogen and oxygen atoms in total. The summed E-state index contributed by atoms with van der Waals surface area (Å²) < 4.78 is 15.5. The van der Waals surface area contributed by atoms with Crippen molar-refractivity contribution in [1.29, 1.82) is 0 Å². The molecule has 0 bridgehead atoms. The van der Waals surface area contributed by atoms with Gasteiger partial charge in [0.1, 0.15) is 5.82 Å². The van der Waals surface area contributed by atoms with E-state index in [-0.39, 0.29) is 23.9 Å². The summed E-state index contributed by atoms with van der Waals surface area (Å²) in [6, 6.07) is 5.08. The van der Waals surface area contributed by atoms with Crippen molar-refractivity contribution in [3.05, 3.63) is 53.9 Å². The summed E-state index contributed by atoms with van der Waals surface area (Å²) in [5.74, 6) is -0.203. The number of imidazole rings is 1. The lowest BCUT2D eigenvalue weighted by Crippen LogP contribution is -2.46. The van der Waals surface area contributed by atoms with Crippen LogP contribution in [0.1, 0.15) is 42.9 Å². The van der Waals surface area contributed by atoms with E-state index in [4.69, 9.17) is 0 Å². The predicted octanol–water partition coefficient (Wildman–Crippen LogP) is 3.27. The Morgan fingerprint density at radius 1 is 1.32 bits per heavy atom. The molecule has 1 aliphatic carbocycles. The largest absolute Gasteiger partial charge is 0.335 e. The van der Waals surface area contributed by atoms with Gasteiger partial charge in [-0.2, -0.15) is 0 Å². The van der Waals surface area contributed by atoms with Crippen molar-refractivity contribution in [3.8, 4) is 0 Å². The fourth-order valence-electron chi connectivity index (χ4n) is 4.10. The minimum absolute atomic E-state index is 0.00945. The van der Waals surface area contributed by atoms with Crippen molar-refractivity contribution < 1.29 is 9.18 Å². The second kappa shape index (κ2) is 6.86. The van der Waals surface area contributed by atoms with Crippen LogP contribution in [0.5, 0.6) is 0 Å². The number of rotatable bonds is 3. The third-order valence-corrected chi connectivity index (χ3v) is 5.34. The number of amides is 2. The summed E-state index contributed by atoms with van der Waals surface area (Å²) in [5.41, 5.74) is 2.08. The quantitative estimate of drug-likeness (QED) is 0.931. The number of nitrogens with zero attached hydrogens (tertiary/aromatic N) is 3. The first-order valence-electron chi connectivity index (χ1n) is 9.02. The number of carbonyl (C=O) groups is 1. The number of aromatic nitrogens is 2. The Labute approximate surface area is 146 Å². The number of aryl methyl sites for hydroxylation is 1. The van der Waals surface area contributed by atoms with Gasteiger partial charge in [-0.25, -0.2) is 14.2 Å². The molecule has 4 rings (SSSR count). The summed E-state index contributed by atoms with van der Waals surface area (Å²) in [4.78, 5) is 18.9. The highest BCUT2D eigenvalue weighted by molar-refractivity contribution is 5.75. The van der Waals surface area contributed by atoms with E-state index in [0.29, 0.717) is 0 Å². The number of carbonyl (C=O) groups excluding carboxylic acids is 1. The Kier molecular flexibility index (Phi) is 4.42. The molecule has 2 heterocycles. The monoisotopic (exact) mass is 342 g/mol. The van der Waals surface area contributed by atoms with Crippen LogP contribution >= 0.6 is 0 Å². The third kappa shape index (κ3) is 3.38. The minimum atomic E-state index is -0.203. The fourth-order valence-corrected chi connectivity index (χ4v) is 4.10. The van der Waals surface area contributed by atoms with Gasteiger partial charge in [-0.15, -0.1) is 0 Å². The second-order valence-electron chi connectivity index (χ2n) is 6.99. The first-order chi connectivity index (χ1) is 12.2. The average molecular weight is 342 g/mol. The van der Waals surface area contributed by atoms with Gasteiger partial charge in [-0.1, -0.05) is 6.07 Å². The Balaban J connectivity index is 1.45. The van der Waals surface area contributed by atoms with Crippen LogP contribution < -0.4 is 5.32 Å². The Hall–Kier alpha value is -2.37. The lowest BCUT2D eigenvalue weighted by molar-refractivity contribution is 0.182. The summed E-state index contributed by atoms with van der Waals surface area (Å²) >= 11 is 0. The molecule has 0 radical (unpaired) electrons. The van der Waals surface area contributed by atoms with Crippen LogP contribution in [0.25, 0.3) is 0 Å². The minimum Gasteiger partial charge on any atom is -0.335 e. The van der Waals surface area contributed by atoms with Crippen LogP contribution in [-0.4, -0.2) is 33.1 Å². The zero-order valence-corrected chi connectivity index (χ0v) is 14.2. The predicted molar refractivity (Wildman–Crippen MR) is 92.6 cm³/mol.